The third kappa shape index (κ3) is 1.98. The molecule has 3 rings (SSSR count). The summed E-state index contributed by atoms with van der Waals surface area (Å²) in [5, 5.41) is 29.0. The molecule has 0 saturated heterocycles. The van der Waals surface area contributed by atoms with Gasteiger partial charge in [-0.15, -0.1) is 0 Å². The quantitative estimate of drug-likeness (QED) is 0.759. The highest BCUT2D eigenvalue weighted by Gasteiger charge is 2.14. The summed E-state index contributed by atoms with van der Waals surface area (Å²) in [6.45, 7) is 1.93. The molecular weight excluding hydrogens is 280 g/mol. The number of aryl methyl sites for hydroxylation is 1. The van der Waals surface area contributed by atoms with E-state index in [2.05, 4.69) is 6.07 Å². The Bertz CT molecular complexity index is 948. The third-order valence-corrected chi connectivity index (χ3v) is 3.65. The van der Waals surface area contributed by atoms with Crippen LogP contribution in [0, 0.1) is 18.3 Å². The number of carboxylic acid groups (broad SMARTS) is 1. The Hall–Kier alpha value is -3.26. The van der Waals surface area contributed by atoms with Gasteiger partial charge in [-0.1, -0.05) is 12.1 Å². The number of aromatic hydroxyl groups is 1. The fourth-order valence-corrected chi connectivity index (χ4v) is 2.62. The summed E-state index contributed by atoms with van der Waals surface area (Å²) in [5.74, 6) is -1.49. The summed E-state index contributed by atoms with van der Waals surface area (Å²) in [6.07, 6.45) is 1.69. The predicted molar refractivity (Wildman–Crippen MR) is 81.4 cm³/mol. The Morgan fingerprint density at radius 2 is 2.05 bits per heavy atom. The average molecular weight is 292 g/mol. The van der Waals surface area contributed by atoms with Crippen LogP contribution in [0.1, 0.15) is 21.5 Å². The van der Waals surface area contributed by atoms with Crippen LogP contribution in [0.2, 0.25) is 0 Å². The van der Waals surface area contributed by atoms with Crippen LogP contribution < -0.4 is 0 Å². The molecule has 0 saturated carbocycles. The summed E-state index contributed by atoms with van der Waals surface area (Å²) < 4.78 is 1.77. The first-order valence-electron chi connectivity index (χ1n) is 6.60. The van der Waals surface area contributed by atoms with Gasteiger partial charge >= 0.3 is 5.97 Å². The molecule has 0 aliphatic rings. The summed E-state index contributed by atoms with van der Waals surface area (Å²) in [4.78, 5) is 11.0. The molecule has 0 atom stereocenters. The molecule has 0 unspecified atom stereocenters. The molecule has 5 heteroatoms. The maximum absolute atomic E-state index is 11.0. The van der Waals surface area contributed by atoms with Crippen LogP contribution in [0.25, 0.3) is 16.6 Å². The lowest BCUT2D eigenvalue weighted by molar-refractivity contribution is 0.0694. The fourth-order valence-electron chi connectivity index (χ4n) is 2.62. The van der Waals surface area contributed by atoms with Gasteiger partial charge < -0.3 is 14.8 Å². The van der Waals surface area contributed by atoms with Crippen molar-refractivity contribution in [1.29, 1.82) is 5.26 Å². The van der Waals surface area contributed by atoms with Gasteiger partial charge in [-0.25, -0.2) is 4.79 Å². The second-order valence-corrected chi connectivity index (χ2v) is 5.00. The highest BCUT2D eigenvalue weighted by molar-refractivity contribution is 5.92. The molecule has 108 valence electrons. The van der Waals surface area contributed by atoms with Gasteiger partial charge in [0.25, 0.3) is 0 Å². The molecule has 0 bridgehead atoms. The first-order valence-corrected chi connectivity index (χ1v) is 6.60. The number of carboxylic acids is 1. The molecule has 22 heavy (non-hydrogen) atoms. The van der Waals surface area contributed by atoms with Crippen molar-refractivity contribution in [3.63, 3.8) is 0 Å². The van der Waals surface area contributed by atoms with Gasteiger partial charge in [0.1, 0.15) is 17.4 Å². The average Bonchev–Trinajstić information content (AvgIpc) is 2.87. The van der Waals surface area contributed by atoms with Gasteiger partial charge in [0.15, 0.2) is 0 Å². The first-order chi connectivity index (χ1) is 10.5. The molecule has 0 radical (unpaired) electrons. The lowest BCUT2D eigenvalue weighted by atomic mass is 10.1. The molecule has 0 spiro atoms. The van der Waals surface area contributed by atoms with Gasteiger partial charge in [0.2, 0.25) is 0 Å². The van der Waals surface area contributed by atoms with E-state index in [4.69, 9.17) is 5.11 Å². The maximum atomic E-state index is 11.0. The van der Waals surface area contributed by atoms with Crippen LogP contribution in [0.4, 0.5) is 0 Å². The normalized spacial score (nSPS) is 10.5. The number of phenols is 1. The van der Waals surface area contributed by atoms with E-state index in [9.17, 15) is 15.2 Å². The number of hydrogen-bond acceptors (Lipinski definition) is 3. The molecule has 0 fully saturated rings. The molecule has 0 aliphatic carbocycles. The molecule has 3 aromatic rings. The molecule has 1 aromatic heterocycles. The van der Waals surface area contributed by atoms with Crippen molar-refractivity contribution in [3.05, 3.63) is 59.3 Å². The summed E-state index contributed by atoms with van der Waals surface area (Å²) in [7, 11) is 0. The van der Waals surface area contributed by atoms with E-state index in [-0.39, 0.29) is 11.3 Å². The standard InChI is InChI=1S/C17H12N2O3/c1-10-3-2-4-14-16(10)11(8-18)9-19(14)12-5-6-13(17(21)22)15(20)7-12/h2-7,9,20H,1H3,(H,21,22). The van der Waals surface area contributed by atoms with Gasteiger partial charge in [0, 0.05) is 23.3 Å². The van der Waals surface area contributed by atoms with Crippen LogP contribution in [-0.2, 0) is 0 Å². The van der Waals surface area contributed by atoms with E-state index in [1.165, 1.54) is 12.1 Å². The van der Waals surface area contributed by atoms with Crippen LogP contribution in [-0.4, -0.2) is 20.7 Å². The number of rotatable bonds is 2. The van der Waals surface area contributed by atoms with Crippen molar-refractivity contribution in [3.8, 4) is 17.5 Å². The van der Waals surface area contributed by atoms with Gasteiger partial charge in [-0.05, 0) is 30.7 Å². The molecule has 1 heterocycles. The number of nitriles is 1. The number of benzene rings is 2. The zero-order valence-electron chi connectivity index (χ0n) is 11.7. The number of nitrogens with zero attached hydrogens (tertiary/aromatic N) is 2. The second-order valence-electron chi connectivity index (χ2n) is 5.00. The predicted octanol–water partition coefficient (Wildman–Crippen LogP) is 3.21. The molecule has 0 aliphatic heterocycles. The largest absolute Gasteiger partial charge is 0.507 e. The smallest absolute Gasteiger partial charge is 0.339 e. The lowest BCUT2D eigenvalue weighted by Gasteiger charge is -2.08. The minimum atomic E-state index is -1.19. The Morgan fingerprint density at radius 1 is 1.27 bits per heavy atom. The van der Waals surface area contributed by atoms with Crippen molar-refractivity contribution in [2.45, 2.75) is 6.92 Å². The van der Waals surface area contributed by atoms with E-state index in [1.807, 2.05) is 25.1 Å². The summed E-state index contributed by atoms with van der Waals surface area (Å²) in [5.41, 5.74) is 2.80. The maximum Gasteiger partial charge on any atom is 0.339 e. The van der Waals surface area contributed by atoms with E-state index >= 15 is 0 Å². The number of aromatic carboxylic acids is 1. The molecule has 2 N–H and O–H groups in total. The first kappa shape index (κ1) is 13.7. The van der Waals surface area contributed by atoms with Crippen LogP contribution in [0.3, 0.4) is 0 Å². The fraction of sp³-hybridized carbons (Fsp3) is 0.0588. The van der Waals surface area contributed by atoms with Crippen molar-refractivity contribution >= 4 is 16.9 Å². The van der Waals surface area contributed by atoms with E-state index in [0.29, 0.717) is 11.3 Å². The highest BCUT2D eigenvalue weighted by Crippen LogP contribution is 2.29. The molecule has 2 aromatic carbocycles. The molecular formula is C17H12N2O3. The van der Waals surface area contributed by atoms with Gasteiger partial charge in [0.05, 0.1) is 11.1 Å². The Kier molecular flexibility index (Phi) is 3.08. The molecule has 5 nitrogen and oxygen atoms in total. The zero-order chi connectivity index (χ0) is 15.9. The van der Waals surface area contributed by atoms with E-state index in [0.717, 1.165) is 16.5 Å². The Labute approximate surface area is 126 Å². The minimum Gasteiger partial charge on any atom is -0.507 e. The van der Waals surface area contributed by atoms with Crippen molar-refractivity contribution in [2.75, 3.05) is 0 Å². The van der Waals surface area contributed by atoms with Crippen molar-refractivity contribution < 1.29 is 15.0 Å². The summed E-state index contributed by atoms with van der Waals surface area (Å²) >= 11 is 0. The highest BCUT2D eigenvalue weighted by atomic mass is 16.4. The van der Waals surface area contributed by atoms with Crippen LogP contribution in [0.5, 0.6) is 5.75 Å². The number of fused-ring (bicyclic) bond motifs is 1. The second kappa shape index (κ2) is 4.93. The van der Waals surface area contributed by atoms with Crippen LogP contribution in [0.15, 0.2) is 42.6 Å². The topological polar surface area (TPSA) is 86.2 Å². The number of carbonyl (C=O) groups is 1. The van der Waals surface area contributed by atoms with Crippen molar-refractivity contribution in [1.82, 2.24) is 4.57 Å². The van der Waals surface area contributed by atoms with E-state index in [1.54, 1.807) is 16.8 Å². The molecule has 0 amide bonds. The van der Waals surface area contributed by atoms with Gasteiger partial charge in [-0.2, -0.15) is 5.26 Å². The SMILES string of the molecule is Cc1cccc2c1c(C#N)cn2-c1ccc(C(=O)O)c(O)c1. The number of aromatic nitrogens is 1. The Balaban J connectivity index is 2.28. The van der Waals surface area contributed by atoms with Crippen molar-refractivity contribution in [2.24, 2.45) is 0 Å². The van der Waals surface area contributed by atoms with Gasteiger partial charge in [-0.3, -0.25) is 0 Å². The van der Waals surface area contributed by atoms with E-state index < -0.39 is 5.97 Å². The number of hydrogen-bond donors (Lipinski definition) is 2. The minimum absolute atomic E-state index is 0.156. The third-order valence-electron chi connectivity index (χ3n) is 3.65. The zero-order valence-corrected chi connectivity index (χ0v) is 11.7. The lowest BCUT2D eigenvalue weighted by Crippen LogP contribution is -1.99. The Morgan fingerprint density at radius 3 is 2.68 bits per heavy atom. The monoisotopic (exact) mass is 292 g/mol. The summed E-state index contributed by atoms with van der Waals surface area (Å²) in [6, 6.07) is 12.2. The van der Waals surface area contributed by atoms with Crippen LogP contribution >= 0.6 is 0 Å².